The van der Waals surface area contributed by atoms with Gasteiger partial charge in [0.1, 0.15) is 18.1 Å². The second-order valence-electron chi connectivity index (χ2n) is 4.73. The van der Waals surface area contributed by atoms with Gasteiger partial charge in [0, 0.05) is 16.7 Å². The van der Waals surface area contributed by atoms with E-state index in [2.05, 4.69) is 4.18 Å². The average Bonchev–Trinajstić information content (AvgIpc) is 2.45. The maximum atomic E-state index is 12.3. The van der Waals surface area contributed by atoms with Crippen LogP contribution in [0.15, 0.2) is 36.4 Å². The molecular weight excluding hydrogens is 357 g/mol. The average molecular weight is 365 g/mol. The Morgan fingerprint density at radius 3 is 2.48 bits per heavy atom. The monoisotopic (exact) mass is 364 g/mol. The number of hydrogen-bond donors (Lipinski definition) is 0. The molecule has 0 atom stereocenters. The van der Waals surface area contributed by atoms with Crippen LogP contribution in [-0.2, 0) is 16.7 Å². The van der Waals surface area contributed by atoms with Crippen molar-refractivity contribution >= 4 is 21.7 Å². The molecule has 0 aromatic heterocycles. The maximum Gasteiger partial charge on any atom is 0.534 e. The molecule has 0 saturated heterocycles. The van der Waals surface area contributed by atoms with E-state index in [1.165, 1.54) is 6.07 Å². The minimum Gasteiger partial charge on any atom is -0.488 e. The molecule has 0 N–H and O–H groups in total. The third-order valence-corrected chi connectivity index (χ3v) is 4.40. The number of rotatable bonds is 2. The van der Waals surface area contributed by atoms with Crippen LogP contribution in [0.25, 0.3) is 11.1 Å². The van der Waals surface area contributed by atoms with Gasteiger partial charge in [0.25, 0.3) is 0 Å². The summed E-state index contributed by atoms with van der Waals surface area (Å²) >= 11 is 5.90. The number of halogens is 4. The summed E-state index contributed by atoms with van der Waals surface area (Å²) in [6.45, 7) is 0.165. The van der Waals surface area contributed by atoms with Crippen molar-refractivity contribution in [1.29, 1.82) is 0 Å². The van der Waals surface area contributed by atoms with Crippen molar-refractivity contribution in [2.24, 2.45) is 0 Å². The van der Waals surface area contributed by atoms with E-state index in [1.54, 1.807) is 18.2 Å². The van der Waals surface area contributed by atoms with Crippen LogP contribution >= 0.6 is 11.6 Å². The maximum absolute atomic E-state index is 12.3. The van der Waals surface area contributed by atoms with Gasteiger partial charge in [-0.3, -0.25) is 0 Å². The fourth-order valence-electron chi connectivity index (χ4n) is 2.17. The normalized spacial score (nSPS) is 13.7. The molecule has 0 bridgehead atoms. The van der Waals surface area contributed by atoms with E-state index >= 15 is 0 Å². The van der Waals surface area contributed by atoms with Crippen molar-refractivity contribution in [3.63, 3.8) is 0 Å². The zero-order valence-corrected chi connectivity index (χ0v) is 12.8. The van der Waals surface area contributed by atoms with Gasteiger partial charge in [-0.05, 0) is 35.4 Å². The molecule has 122 valence electrons. The Balaban J connectivity index is 1.98. The molecule has 1 aliphatic heterocycles. The van der Waals surface area contributed by atoms with Crippen LogP contribution in [0.2, 0.25) is 5.02 Å². The number of ether oxygens (including phenoxy) is 1. The summed E-state index contributed by atoms with van der Waals surface area (Å²) in [6.07, 6.45) is 0. The van der Waals surface area contributed by atoms with Gasteiger partial charge in [-0.2, -0.15) is 21.6 Å². The standard InChI is InChI=1S/C14H8ClF3O4S/c15-9-1-3-11-8(5-9)7-21-13-6-10(2-4-12(11)13)22-23(19,20)14(16,17)18/h1-6H,7H2. The van der Waals surface area contributed by atoms with Gasteiger partial charge in [-0.1, -0.05) is 17.7 Å². The summed E-state index contributed by atoms with van der Waals surface area (Å²) in [5, 5.41) is 0.534. The predicted octanol–water partition coefficient (Wildman–Crippen LogP) is 4.13. The fraction of sp³-hybridized carbons (Fsp3) is 0.143. The molecule has 3 rings (SSSR count). The van der Waals surface area contributed by atoms with E-state index in [0.717, 1.165) is 23.3 Å². The molecule has 1 aliphatic rings. The van der Waals surface area contributed by atoms with Crippen LogP contribution in [-0.4, -0.2) is 13.9 Å². The number of hydrogen-bond acceptors (Lipinski definition) is 4. The lowest BCUT2D eigenvalue weighted by Gasteiger charge is -2.21. The Hall–Kier alpha value is -1.93. The summed E-state index contributed by atoms with van der Waals surface area (Å²) in [5.74, 6) is -0.242. The van der Waals surface area contributed by atoms with Crippen LogP contribution in [0, 0.1) is 0 Å². The lowest BCUT2D eigenvalue weighted by molar-refractivity contribution is -0.0500. The van der Waals surface area contributed by atoms with Gasteiger partial charge in [0.2, 0.25) is 0 Å². The first-order valence-electron chi connectivity index (χ1n) is 6.24. The molecular formula is C14H8ClF3O4S. The van der Waals surface area contributed by atoms with Gasteiger partial charge < -0.3 is 8.92 Å². The first-order valence-corrected chi connectivity index (χ1v) is 8.02. The lowest BCUT2D eigenvalue weighted by Crippen LogP contribution is -2.28. The van der Waals surface area contributed by atoms with E-state index in [0.29, 0.717) is 10.6 Å². The third kappa shape index (κ3) is 2.96. The molecule has 0 amide bonds. The van der Waals surface area contributed by atoms with Crippen molar-refractivity contribution in [3.8, 4) is 22.6 Å². The van der Waals surface area contributed by atoms with Crippen LogP contribution < -0.4 is 8.92 Å². The molecule has 9 heteroatoms. The van der Waals surface area contributed by atoms with E-state index in [4.69, 9.17) is 16.3 Å². The van der Waals surface area contributed by atoms with Crippen molar-refractivity contribution in [2.45, 2.75) is 12.1 Å². The molecule has 0 saturated carbocycles. The Morgan fingerprint density at radius 1 is 1.09 bits per heavy atom. The SMILES string of the molecule is O=S(=O)(Oc1ccc2c(c1)OCc1cc(Cl)ccc1-2)C(F)(F)F. The van der Waals surface area contributed by atoms with Gasteiger partial charge in [-0.15, -0.1) is 0 Å². The molecule has 2 aromatic carbocycles. The Kier molecular flexibility index (Phi) is 3.68. The van der Waals surface area contributed by atoms with Crippen LogP contribution in [0.1, 0.15) is 5.56 Å². The molecule has 4 nitrogen and oxygen atoms in total. The van der Waals surface area contributed by atoms with Gasteiger partial charge in [0.15, 0.2) is 0 Å². The predicted molar refractivity (Wildman–Crippen MR) is 76.8 cm³/mol. The highest BCUT2D eigenvalue weighted by molar-refractivity contribution is 7.88. The first-order chi connectivity index (χ1) is 10.7. The largest absolute Gasteiger partial charge is 0.534 e. The number of benzene rings is 2. The van der Waals surface area contributed by atoms with E-state index in [9.17, 15) is 21.6 Å². The van der Waals surface area contributed by atoms with E-state index in [1.807, 2.05) is 0 Å². The Bertz CT molecular complexity index is 878. The van der Waals surface area contributed by atoms with Gasteiger partial charge in [0.05, 0.1) is 0 Å². The zero-order valence-electron chi connectivity index (χ0n) is 11.2. The van der Waals surface area contributed by atoms with Crippen LogP contribution in [0.4, 0.5) is 13.2 Å². The van der Waals surface area contributed by atoms with Gasteiger partial charge >= 0.3 is 15.6 Å². The fourth-order valence-corrected chi connectivity index (χ4v) is 2.82. The second kappa shape index (κ2) is 5.31. The number of fused-ring (bicyclic) bond motifs is 3. The summed E-state index contributed by atoms with van der Waals surface area (Å²) in [4.78, 5) is 0. The molecule has 0 spiro atoms. The molecule has 1 heterocycles. The third-order valence-electron chi connectivity index (χ3n) is 3.18. The molecule has 0 radical (unpaired) electrons. The summed E-state index contributed by atoms with van der Waals surface area (Å²) < 4.78 is 68.6. The topological polar surface area (TPSA) is 52.6 Å². The van der Waals surface area contributed by atoms with Crippen molar-refractivity contribution in [2.75, 3.05) is 0 Å². The second-order valence-corrected chi connectivity index (χ2v) is 6.71. The quantitative estimate of drug-likeness (QED) is 0.594. The highest BCUT2D eigenvalue weighted by Gasteiger charge is 2.48. The van der Waals surface area contributed by atoms with E-state index < -0.39 is 21.4 Å². The summed E-state index contributed by atoms with van der Waals surface area (Å²) in [6, 6.07) is 8.83. The smallest absolute Gasteiger partial charge is 0.488 e. The molecule has 23 heavy (non-hydrogen) atoms. The van der Waals surface area contributed by atoms with E-state index in [-0.39, 0.29) is 12.4 Å². The lowest BCUT2D eigenvalue weighted by atomic mass is 9.97. The van der Waals surface area contributed by atoms with Crippen molar-refractivity contribution in [1.82, 2.24) is 0 Å². The highest BCUT2D eigenvalue weighted by atomic mass is 35.5. The molecule has 2 aromatic rings. The van der Waals surface area contributed by atoms with Crippen molar-refractivity contribution < 1.29 is 30.5 Å². The van der Waals surface area contributed by atoms with Crippen molar-refractivity contribution in [3.05, 3.63) is 47.0 Å². The van der Waals surface area contributed by atoms with Gasteiger partial charge in [-0.25, -0.2) is 0 Å². The highest BCUT2D eigenvalue weighted by Crippen LogP contribution is 2.41. The zero-order chi connectivity index (χ0) is 16.8. The summed E-state index contributed by atoms with van der Waals surface area (Å²) in [7, 11) is -5.72. The molecule has 0 fully saturated rings. The van der Waals surface area contributed by atoms with Crippen LogP contribution in [0.5, 0.6) is 11.5 Å². The molecule has 0 unspecified atom stereocenters. The first kappa shape index (κ1) is 15.9. The summed E-state index contributed by atoms with van der Waals surface area (Å²) in [5.41, 5.74) is -3.25. The minimum absolute atomic E-state index is 0.165. The van der Waals surface area contributed by atoms with Crippen LogP contribution in [0.3, 0.4) is 0 Å². The Morgan fingerprint density at radius 2 is 1.78 bits per heavy atom. The Labute approximate surface area is 134 Å². The number of alkyl halides is 3. The molecule has 0 aliphatic carbocycles. The minimum atomic E-state index is -5.72.